The highest BCUT2D eigenvalue weighted by Gasteiger charge is 2.17. The third-order valence-corrected chi connectivity index (χ3v) is 3.46. The summed E-state index contributed by atoms with van der Waals surface area (Å²) in [7, 11) is 0. The van der Waals surface area contributed by atoms with E-state index in [1.165, 1.54) is 12.1 Å². The number of carbonyl (C=O) groups excluding carboxylic acids is 1. The summed E-state index contributed by atoms with van der Waals surface area (Å²) >= 11 is 0. The average molecular weight is 317 g/mol. The van der Waals surface area contributed by atoms with Gasteiger partial charge in [-0.25, -0.2) is 4.39 Å². The summed E-state index contributed by atoms with van der Waals surface area (Å²) in [6, 6.07) is 13.0. The molecule has 0 atom stereocenters. The number of aliphatic hydroxyl groups excluding tert-OH is 1. The predicted octanol–water partition coefficient (Wildman–Crippen LogP) is 2.86. The quantitative estimate of drug-likeness (QED) is 0.854. The maximum Gasteiger partial charge on any atom is 0.257 e. The molecule has 0 heterocycles. The van der Waals surface area contributed by atoms with Crippen molar-refractivity contribution >= 4 is 5.91 Å². The molecular weight excluding hydrogens is 297 g/mol. The van der Waals surface area contributed by atoms with E-state index in [0.717, 1.165) is 5.56 Å². The predicted molar refractivity (Wildman–Crippen MR) is 85.8 cm³/mol. The fraction of sp³-hybridized carbons (Fsp3) is 0.278. The summed E-state index contributed by atoms with van der Waals surface area (Å²) in [6.45, 7) is 2.80. The molecule has 0 aliphatic carbocycles. The first-order valence-electron chi connectivity index (χ1n) is 7.52. The van der Waals surface area contributed by atoms with Crippen molar-refractivity contribution in [3.05, 3.63) is 65.5 Å². The molecule has 0 bridgehead atoms. The van der Waals surface area contributed by atoms with Crippen molar-refractivity contribution in [1.82, 2.24) is 4.90 Å². The lowest BCUT2D eigenvalue weighted by atomic mass is 10.1. The van der Waals surface area contributed by atoms with E-state index in [-0.39, 0.29) is 31.5 Å². The molecule has 0 aliphatic rings. The van der Waals surface area contributed by atoms with Gasteiger partial charge in [-0.15, -0.1) is 0 Å². The molecule has 5 heteroatoms. The van der Waals surface area contributed by atoms with Gasteiger partial charge >= 0.3 is 0 Å². The maximum atomic E-state index is 12.9. The molecule has 2 aromatic rings. The molecule has 0 saturated carbocycles. The van der Waals surface area contributed by atoms with Gasteiger partial charge in [0.2, 0.25) is 0 Å². The van der Waals surface area contributed by atoms with Gasteiger partial charge in [-0.2, -0.15) is 0 Å². The highest BCUT2D eigenvalue weighted by Crippen LogP contribution is 2.21. The van der Waals surface area contributed by atoms with E-state index >= 15 is 0 Å². The molecule has 0 aromatic heterocycles. The molecule has 4 nitrogen and oxygen atoms in total. The van der Waals surface area contributed by atoms with Crippen LogP contribution in [-0.4, -0.2) is 35.6 Å². The normalized spacial score (nSPS) is 10.4. The van der Waals surface area contributed by atoms with Crippen LogP contribution in [0.3, 0.4) is 0 Å². The Morgan fingerprint density at radius 1 is 1.17 bits per heavy atom. The largest absolute Gasteiger partial charge is 0.488 e. The van der Waals surface area contributed by atoms with Gasteiger partial charge in [-0.3, -0.25) is 4.79 Å². The van der Waals surface area contributed by atoms with Crippen molar-refractivity contribution < 1.29 is 19.0 Å². The number of hydrogen-bond acceptors (Lipinski definition) is 3. The fourth-order valence-electron chi connectivity index (χ4n) is 2.21. The first kappa shape index (κ1) is 17.0. The molecule has 0 saturated heterocycles. The molecule has 23 heavy (non-hydrogen) atoms. The second-order valence-electron chi connectivity index (χ2n) is 5.02. The lowest BCUT2D eigenvalue weighted by molar-refractivity contribution is 0.0727. The Morgan fingerprint density at radius 2 is 1.87 bits per heavy atom. The monoisotopic (exact) mass is 317 g/mol. The number of likely N-dealkylation sites (N-methyl/N-ethyl adjacent to an activating group) is 1. The van der Waals surface area contributed by atoms with Gasteiger partial charge in [0.1, 0.15) is 18.2 Å². The second-order valence-corrected chi connectivity index (χ2v) is 5.02. The van der Waals surface area contributed by atoms with Crippen LogP contribution in [-0.2, 0) is 6.61 Å². The molecule has 1 amide bonds. The van der Waals surface area contributed by atoms with E-state index in [2.05, 4.69) is 0 Å². The molecule has 0 radical (unpaired) electrons. The van der Waals surface area contributed by atoms with Crippen molar-refractivity contribution in [2.75, 3.05) is 19.7 Å². The van der Waals surface area contributed by atoms with Gasteiger partial charge in [0.25, 0.3) is 5.91 Å². The number of para-hydroxylation sites is 1. The van der Waals surface area contributed by atoms with Crippen LogP contribution in [0.2, 0.25) is 0 Å². The van der Waals surface area contributed by atoms with E-state index < -0.39 is 0 Å². The van der Waals surface area contributed by atoms with E-state index in [9.17, 15) is 9.18 Å². The summed E-state index contributed by atoms with van der Waals surface area (Å²) in [6.07, 6.45) is 0. The zero-order valence-electron chi connectivity index (χ0n) is 13.0. The number of hydrogen-bond donors (Lipinski definition) is 1. The van der Waals surface area contributed by atoms with E-state index in [1.807, 2.05) is 6.92 Å². The Labute approximate surface area is 135 Å². The highest BCUT2D eigenvalue weighted by molar-refractivity contribution is 5.96. The van der Waals surface area contributed by atoms with Gasteiger partial charge in [-0.05, 0) is 36.8 Å². The smallest absolute Gasteiger partial charge is 0.257 e. The van der Waals surface area contributed by atoms with Crippen molar-refractivity contribution in [2.24, 2.45) is 0 Å². The first-order valence-corrected chi connectivity index (χ1v) is 7.52. The van der Waals surface area contributed by atoms with E-state index in [4.69, 9.17) is 9.84 Å². The minimum atomic E-state index is -0.299. The van der Waals surface area contributed by atoms with Crippen LogP contribution in [0.5, 0.6) is 5.75 Å². The van der Waals surface area contributed by atoms with Crippen molar-refractivity contribution in [1.29, 1.82) is 0 Å². The third kappa shape index (κ3) is 4.53. The van der Waals surface area contributed by atoms with E-state index in [1.54, 1.807) is 41.3 Å². The second kappa shape index (κ2) is 8.29. The van der Waals surface area contributed by atoms with Crippen LogP contribution >= 0.6 is 0 Å². The summed E-state index contributed by atoms with van der Waals surface area (Å²) in [5.74, 6) is -0.0126. The van der Waals surface area contributed by atoms with Gasteiger partial charge in [0.05, 0.1) is 12.2 Å². The van der Waals surface area contributed by atoms with Crippen molar-refractivity contribution in [3.8, 4) is 5.75 Å². The topological polar surface area (TPSA) is 49.8 Å². The van der Waals surface area contributed by atoms with Gasteiger partial charge in [-0.1, -0.05) is 24.3 Å². The van der Waals surface area contributed by atoms with Gasteiger partial charge < -0.3 is 14.7 Å². The van der Waals surface area contributed by atoms with Crippen LogP contribution in [0.25, 0.3) is 0 Å². The Morgan fingerprint density at radius 3 is 2.52 bits per heavy atom. The zero-order valence-corrected chi connectivity index (χ0v) is 13.0. The summed E-state index contributed by atoms with van der Waals surface area (Å²) in [5, 5.41) is 9.05. The lowest BCUT2D eigenvalue weighted by Gasteiger charge is -2.21. The molecule has 1 N–H and O–H groups in total. The molecule has 2 aromatic carbocycles. The summed E-state index contributed by atoms with van der Waals surface area (Å²) in [5.41, 5.74) is 1.27. The van der Waals surface area contributed by atoms with Crippen molar-refractivity contribution in [2.45, 2.75) is 13.5 Å². The van der Waals surface area contributed by atoms with E-state index in [0.29, 0.717) is 17.9 Å². The standard InChI is InChI=1S/C18H20FNO3/c1-2-20(11-12-21)18(22)16-5-3-4-6-17(16)23-13-14-7-9-15(19)10-8-14/h3-10,21H,2,11-13H2,1H3. The lowest BCUT2D eigenvalue weighted by Crippen LogP contribution is -2.33. The first-order chi connectivity index (χ1) is 11.2. The highest BCUT2D eigenvalue weighted by atomic mass is 19.1. The number of benzene rings is 2. The Bertz CT molecular complexity index is 643. The number of amides is 1. The molecule has 122 valence electrons. The number of carbonyl (C=O) groups is 1. The van der Waals surface area contributed by atoms with Crippen LogP contribution in [0.4, 0.5) is 4.39 Å². The Hall–Kier alpha value is -2.40. The molecular formula is C18H20FNO3. The molecule has 0 aliphatic heterocycles. The minimum absolute atomic E-state index is 0.0851. The minimum Gasteiger partial charge on any atom is -0.488 e. The van der Waals surface area contributed by atoms with Crippen molar-refractivity contribution in [3.63, 3.8) is 0 Å². The number of halogens is 1. The Kier molecular flexibility index (Phi) is 6.11. The molecule has 0 fully saturated rings. The number of nitrogens with zero attached hydrogens (tertiary/aromatic N) is 1. The van der Waals surface area contributed by atoms with Crippen LogP contribution in [0, 0.1) is 5.82 Å². The summed E-state index contributed by atoms with van der Waals surface area (Å²) in [4.78, 5) is 14.1. The fourth-order valence-corrected chi connectivity index (χ4v) is 2.21. The maximum absolute atomic E-state index is 12.9. The SMILES string of the molecule is CCN(CCO)C(=O)c1ccccc1OCc1ccc(F)cc1. The Balaban J connectivity index is 2.13. The number of aliphatic hydroxyl groups is 1. The third-order valence-electron chi connectivity index (χ3n) is 3.46. The zero-order chi connectivity index (χ0) is 16.7. The number of ether oxygens (including phenoxy) is 1. The van der Waals surface area contributed by atoms with Crippen LogP contribution < -0.4 is 4.74 Å². The van der Waals surface area contributed by atoms with Gasteiger partial charge in [0.15, 0.2) is 0 Å². The molecule has 2 rings (SSSR count). The van der Waals surface area contributed by atoms with Crippen LogP contribution in [0.15, 0.2) is 48.5 Å². The number of rotatable bonds is 7. The average Bonchev–Trinajstić information content (AvgIpc) is 2.59. The molecule has 0 unspecified atom stereocenters. The van der Waals surface area contributed by atoms with Crippen LogP contribution in [0.1, 0.15) is 22.8 Å². The molecule has 0 spiro atoms. The van der Waals surface area contributed by atoms with Gasteiger partial charge in [0, 0.05) is 13.1 Å². The summed E-state index contributed by atoms with van der Waals surface area (Å²) < 4.78 is 18.6.